The zero-order chi connectivity index (χ0) is 17.9. The molecule has 152 valence electrons. The normalized spacial score (nSPS) is 32.5. The number of hydrogen-bond acceptors (Lipinski definition) is 4. The number of halogens is 1. The van der Waals surface area contributed by atoms with Crippen molar-refractivity contribution in [2.24, 2.45) is 10.4 Å². The molecule has 1 heterocycles. The maximum absolute atomic E-state index is 11.7. The second-order valence-corrected chi connectivity index (χ2v) is 9.97. The smallest absolute Gasteiger partial charge is 0.191 e. The van der Waals surface area contributed by atoms with E-state index in [1.165, 1.54) is 32.1 Å². The van der Waals surface area contributed by atoms with Gasteiger partial charge in [0.1, 0.15) is 0 Å². The Bertz CT molecular complexity index is 590. The molecule has 0 radical (unpaired) electrons. The molecular formula is C18H34IN3O3S. The van der Waals surface area contributed by atoms with Crippen LogP contribution in [-0.2, 0) is 14.6 Å². The van der Waals surface area contributed by atoms with E-state index in [1.807, 2.05) is 6.92 Å². The van der Waals surface area contributed by atoms with Crippen molar-refractivity contribution in [2.45, 2.75) is 77.0 Å². The second kappa shape index (κ2) is 9.41. The van der Waals surface area contributed by atoms with Gasteiger partial charge in [0.15, 0.2) is 15.8 Å². The summed E-state index contributed by atoms with van der Waals surface area (Å²) in [6, 6.07) is 0.355. The van der Waals surface area contributed by atoms with Crippen molar-refractivity contribution in [1.82, 2.24) is 10.6 Å². The van der Waals surface area contributed by atoms with Crippen LogP contribution in [0.1, 0.15) is 58.8 Å². The van der Waals surface area contributed by atoms with Crippen molar-refractivity contribution in [3.8, 4) is 0 Å². The third-order valence-electron chi connectivity index (χ3n) is 6.14. The predicted octanol–water partition coefficient (Wildman–Crippen LogP) is 2.47. The molecule has 0 bridgehead atoms. The van der Waals surface area contributed by atoms with Gasteiger partial charge in [-0.3, -0.25) is 4.99 Å². The Hall–Kier alpha value is -0.0900. The summed E-state index contributed by atoms with van der Waals surface area (Å²) in [5.41, 5.74) is 0.228. The van der Waals surface area contributed by atoms with Gasteiger partial charge in [-0.15, -0.1) is 24.0 Å². The number of rotatable bonds is 5. The average Bonchev–Trinajstić information content (AvgIpc) is 2.93. The highest BCUT2D eigenvalue weighted by atomic mass is 127. The molecule has 3 atom stereocenters. The molecule has 1 spiro atoms. The van der Waals surface area contributed by atoms with Crippen molar-refractivity contribution in [3.63, 3.8) is 0 Å². The fourth-order valence-electron chi connectivity index (χ4n) is 4.82. The van der Waals surface area contributed by atoms with E-state index in [0.717, 1.165) is 19.0 Å². The fraction of sp³-hybridized carbons (Fsp3) is 0.944. The van der Waals surface area contributed by atoms with Gasteiger partial charge in [0.25, 0.3) is 0 Å². The molecule has 3 rings (SSSR count). The van der Waals surface area contributed by atoms with Crippen LogP contribution in [0.3, 0.4) is 0 Å². The summed E-state index contributed by atoms with van der Waals surface area (Å²) in [5.74, 6) is 1.27. The first-order chi connectivity index (χ1) is 12.0. The molecule has 1 aliphatic heterocycles. The van der Waals surface area contributed by atoms with Crippen LogP contribution in [-0.4, -0.2) is 57.2 Å². The third-order valence-corrected chi connectivity index (χ3v) is 7.91. The van der Waals surface area contributed by atoms with Crippen molar-refractivity contribution in [1.29, 1.82) is 0 Å². The first kappa shape index (κ1) is 22.2. The predicted molar refractivity (Wildman–Crippen MR) is 116 cm³/mol. The van der Waals surface area contributed by atoms with Crippen LogP contribution in [0.4, 0.5) is 0 Å². The fourth-order valence-corrected chi connectivity index (χ4v) is 6.50. The van der Waals surface area contributed by atoms with Gasteiger partial charge in [-0.2, -0.15) is 0 Å². The van der Waals surface area contributed by atoms with Gasteiger partial charge in [0, 0.05) is 30.7 Å². The van der Waals surface area contributed by atoms with Crippen molar-refractivity contribution >= 4 is 39.8 Å². The quantitative estimate of drug-likeness (QED) is 0.345. The lowest BCUT2D eigenvalue weighted by Crippen LogP contribution is -2.67. The van der Waals surface area contributed by atoms with Gasteiger partial charge in [-0.05, 0) is 39.5 Å². The minimum absolute atomic E-state index is 0. The molecule has 0 aromatic carbocycles. The Labute approximate surface area is 175 Å². The monoisotopic (exact) mass is 499 g/mol. The summed E-state index contributed by atoms with van der Waals surface area (Å²) < 4.78 is 29.4. The van der Waals surface area contributed by atoms with Gasteiger partial charge >= 0.3 is 0 Å². The molecule has 6 nitrogen and oxygen atoms in total. The average molecular weight is 499 g/mol. The molecule has 26 heavy (non-hydrogen) atoms. The van der Waals surface area contributed by atoms with Crippen LogP contribution in [0.15, 0.2) is 4.99 Å². The maximum Gasteiger partial charge on any atom is 0.191 e. The molecule has 3 aliphatic rings. The largest absolute Gasteiger partial charge is 0.378 e. The maximum atomic E-state index is 11.7. The molecule has 2 aliphatic carbocycles. The van der Waals surface area contributed by atoms with Gasteiger partial charge in [-0.25, -0.2) is 8.42 Å². The summed E-state index contributed by atoms with van der Waals surface area (Å²) in [4.78, 5) is 4.57. The van der Waals surface area contributed by atoms with Crippen LogP contribution < -0.4 is 10.6 Å². The van der Waals surface area contributed by atoms with Crippen LogP contribution in [0, 0.1) is 5.41 Å². The lowest BCUT2D eigenvalue weighted by Gasteiger charge is -2.58. The second-order valence-electron chi connectivity index (χ2n) is 7.74. The Balaban J connectivity index is 0.00000243. The molecular weight excluding hydrogens is 465 g/mol. The highest BCUT2D eigenvalue weighted by molar-refractivity contribution is 14.0. The topological polar surface area (TPSA) is 79.8 Å². The first-order valence-electron chi connectivity index (χ1n) is 9.88. The summed E-state index contributed by atoms with van der Waals surface area (Å²) in [7, 11) is -2.88. The van der Waals surface area contributed by atoms with E-state index in [4.69, 9.17) is 4.74 Å². The SMILES string of the molecule is CCN=C(NC1CCS(=O)(=O)C1)NC1CC(OCC)C12CCCCC2.I. The Morgan fingerprint density at radius 1 is 1.19 bits per heavy atom. The standard InChI is InChI=1S/C18H33N3O3S.HI/c1-3-19-17(20-14-8-11-25(22,23)13-14)21-15-12-16(24-4-2)18(15)9-6-5-7-10-18;/h14-16H,3-13H2,1-2H3,(H2,19,20,21);1H. The van der Waals surface area contributed by atoms with E-state index < -0.39 is 9.84 Å². The van der Waals surface area contributed by atoms with E-state index in [0.29, 0.717) is 25.1 Å². The lowest BCUT2D eigenvalue weighted by atomic mass is 9.55. The van der Waals surface area contributed by atoms with Gasteiger partial charge in [0.05, 0.1) is 17.6 Å². The highest BCUT2D eigenvalue weighted by Gasteiger charge is 2.56. The molecule has 2 saturated carbocycles. The number of nitrogens with one attached hydrogen (secondary N) is 2. The van der Waals surface area contributed by atoms with Gasteiger partial charge in [0.2, 0.25) is 0 Å². The van der Waals surface area contributed by atoms with Crippen molar-refractivity contribution < 1.29 is 13.2 Å². The van der Waals surface area contributed by atoms with E-state index in [9.17, 15) is 8.42 Å². The van der Waals surface area contributed by atoms with Gasteiger partial charge < -0.3 is 15.4 Å². The van der Waals surface area contributed by atoms with Crippen molar-refractivity contribution in [2.75, 3.05) is 24.7 Å². The third kappa shape index (κ3) is 4.84. The molecule has 0 aromatic rings. The van der Waals surface area contributed by atoms with Gasteiger partial charge in [-0.1, -0.05) is 19.3 Å². The number of guanidine groups is 1. The molecule has 1 saturated heterocycles. The van der Waals surface area contributed by atoms with Crippen LogP contribution >= 0.6 is 24.0 Å². The zero-order valence-electron chi connectivity index (χ0n) is 16.0. The van der Waals surface area contributed by atoms with E-state index in [1.54, 1.807) is 0 Å². The summed E-state index contributed by atoms with van der Waals surface area (Å²) in [6.07, 6.45) is 8.34. The number of nitrogens with zero attached hydrogens (tertiary/aromatic N) is 1. The van der Waals surface area contributed by atoms with E-state index >= 15 is 0 Å². The van der Waals surface area contributed by atoms with Crippen molar-refractivity contribution in [3.05, 3.63) is 0 Å². The molecule has 0 aromatic heterocycles. The van der Waals surface area contributed by atoms with Crippen LogP contribution in [0.2, 0.25) is 0 Å². The molecule has 0 amide bonds. The lowest BCUT2D eigenvalue weighted by molar-refractivity contribution is -0.145. The Morgan fingerprint density at radius 2 is 1.92 bits per heavy atom. The van der Waals surface area contributed by atoms with Crippen LogP contribution in [0.5, 0.6) is 0 Å². The first-order valence-corrected chi connectivity index (χ1v) is 11.7. The Kier molecular flexibility index (Phi) is 8.03. The summed E-state index contributed by atoms with van der Waals surface area (Å²) in [5, 5.41) is 6.98. The minimum Gasteiger partial charge on any atom is -0.378 e. The zero-order valence-corrected chi connectivity index (χ0v) is 19.1. The number of hydrogen-bond donors (Lipinski definition) is 2. The minimum atomic E-state index is -2.88. The molecule has 3 fully saturated rings. The van der Waals surface area contributed by atoms with E-state index in [-0.39, 0.29) is 46.9 Å². The molecule has 2 N–H and O–H groups in total. The summed E-state index contributed by atoms with van der Waals surface area (Å²) >= 11 is 0. The molecule has 8 heteroatoms. The Morgan fingerprint density at radius 3 is 2.50 bits per heavy atom. The van der Waals surface area contributed by atoms with Crippen LogP contribution in [0.25, 0.3) is 0 Å². The van der Waals surface area contributed by atoms with E-state index in [2.05, 4.69) is 22.5 Å². The highest BCUT2D eigenvalue weighted by Crippen LogP contribution is 2.53. The number of ether oxygens (including phenoxy) is 1. The molecule has 3 unspecified atom stereocenters. The number of sulfone groups is 1. The summed E-state index contributed by atoms with van der Waals surface area (Å²) in [6.45, 7) is 5.54. The number of aliphatic imine (C=N–C) groups is 1.